The SMILES string of the molecule is CNC(=O)c1ccc(NC(=O)NCCc2ccc(F)cc2)cc1Cl. The third-order valence-electron chi connectivity index (χ3n) is 3.31. The van der Waals surface area contributed by atoms with Gasteiger partial charge in [-0.05, 0) is 42.3 Å². The number of anilines is 1. The third kappa shape index (κ3) is 4.96. The summed E-state index contributed by atoms with van der Waals surface area (Å²) < 4.78 is 12.8. The van der Waals surface area contributed by atoms with Crippen molar-refractivity contribution < 1.29 is 14.0 Å². The molecule has 0 spiro atoms. The Morgan fingerprint density at radius 1 is 1.12 bits per heavy atom. The first-order valence-corrected chi connectivity index (χ1v) is 7.68. The Hall–Kier alpha value is -2.60. The second-order valence-electron chi connectivity index (χ2n) is 5.03. The van der Waals surface area contributed by atoms with Gasteiger partial charge in [-0.25, -0.2) is 9.18 Å². The molecule has 0 saturated carbocycles. The van der Waals surface area contributed by atoms with E-state index in [9.17, 15) is 14.0 Å². The molecule has 0 aromatic heterocycles. The molecular weight excluding hydrogens is 333 g/mol. The zero-order valence-electron chi connectivity index (χ0n) is 13.0. The largest absolute Gasteiger partial charge is 0.355 e. The van der Waals surface area contributed by atoms with Crippen molar-refractivity contribution in [3.05, 3.63) is 64.4 Å². The molecule has 7 heteroatoms. The average Bonchev–Trinajstić information content (AvgIpc) is 2.56. The molecule has 0 saturated heterocycles. The molecule has 0 aliphatic carbocycles. The Balaban J connectivity index is 1.85. The summed E-state index contributed by atoms with van der Waals surface area (Å²) in [5.74, 6) is -0.586. The van der Waals surface area contributed by atoms with Crippen molar-refractivity contribution in [2.45, 2.75) is 6.42 Å². The highest BCUT2D eigenvalue weighted by Crippen LogP contribution is 2.20. The van der Waals surface area contributed by atoms with E-state index in [0.29, 0.717) is 24.2 Å². The number of hydrogen-bond acceptors (Lipinski definition) is 2. The summed E-state index contributed by atoms with van der Waals surface area (Å²) in [4.78, 5) is 23.4. The Labute approximate surface area is 144 Å². The Morgan fingerprint density at radius 3 is 2.46 bits per heavy atom. The van der Waals surface area contributed by atoms with E-state index < -0.39 is 0 Å². The van der Waals surface area contributed by atoms with Crippen LogP contribution >= 0.6 is 11.6 Å². The fourth-order valence-corrected chi connectivity index (χ4v) is 2.32. The summed E-state index contributed by atoms with van der Waals surface area (Å²) in [7, 11) is 1.51. The van der Waals surface area contributed by atoms with Gasteiger partial charge < -0.3 is 16.0 Å². The molecule has 0 heterocycles. The number of hydrogen-bond donors (Lipinski definition) is 3. The van der Waals surface area contributed by atoms with E-state index in [4.69, 9.17) is 11.6 Å². The highest BCUT2D eigenvalue weighted by Gasteiger charge is 2.10. The Bertz CT molecular complexity index is 735. The van der Waals surface area contributed by atoms with Gasteiger partial charge in [-0.2, -0.15) is 0 Å². The quantitative estimate of drug-likeness (QED) is 0.775. The van der Waals surface area contributed by atoms with Gasteiger partial charge in [-0.1, -0.05) is 23.7 Å². The predicted octanol–water partition coefficient (Wildman–Crippen LogP) is 3.20. The number of halogens is 2. The predicted molar refractivity (Wildman–Crippen MR) is 92.0 cm³/mol. The van der Waals surface area contributed by atoms with Crippen molar-refractivity contribution in [2.24, 2.45) is 0 Å². The second kappa shape index (κ2) is 8.31. The smallest absolute Gasteiger partial charge is 0.319 e. The highest BCUT2D eigenvalue weighted by molar-refractivity contribution is 6.34. The van der Waals surface area contributed by atoms with Crippen molar-refractivity contribution in [3.63, 3.8) is 0 Å². The van der Waals surface area contributed by atoms with Crippen molar-refractivity contribution in [2.75, 3.05) is 18.9 Å². The van der Waals surface area contributed by atoms with Crippen LogP contribution in [0.1, 0.15) is 15.9 Å². The molecule has 2 rings (SSSR count). The van der Waals surface area contributed by atoms with E-state index in [1.165, 1.54) is 31.3 Å². The van der Waals surface area contributed by atoms with Crippen LogP contribution in [0.2, 0.25) is 5.02 Å². The lowest BCUT2D eigenvalue weighted by atomic mass is 10.1. The number of carbonyl (C=O) groups is 2. The Kier molecular flexibility index (Phi) is 6.14. The van der Waals surface area contributed by atoms with Gasteiger partial charge in [0, 0.05) is 19.3 Å². The highest BCUT2D eigenvalue weighted by atomic mass is 35.5. The number of nitrogens with one attached hydrogen (secondary N) is 3. The van der Waals surface area contributed by atoms with E-state index in [2.05, 4.69) is 16.0 Å². The number of amides is 3. The normalized spacial score (nSPS) is 10.1. The molecule has 0 atom stereocenters. The van der Waals surface area contributed by atoms with Gasteiger partial charge in [0.1, 0.15) is 5.82 Å². The van der Waals surface area contributed by atoms with Gasteiger partial charge in [0.05, 0.1) is 10.6 Å². The van der Waals surface area contributed by atoms with E-state index in [1.54, 1.807) is 18.2 Å². The van der Waals surface area contributed by atoms with Crippen LogP contribution in [0, 0.1) is 5.82 Å². The first-order chi connectivity index (χ1) is 11.5. The van der Waals surface area contributed by atoms with Gasteiger partial charge in [-0.15, -0.1) is 0 Å². The maximum atomic E-state index is 12.8. The summed E-state index contributed by atoms with van der Waals surface area (Å²) in [5.41, 5.74) is 1.74. The molecule has 0 aliphatic rings. The molecule has 0 aliphatic heterocycles. The first-order valence-electron chi connectivity index (χ1n) is 7.30. The van der Waals surface area contributed by atoms with Crippen LogP contribution in [0.5, 0.6) is 0 Å². The van der Waals surface area contributed by atoms with Crippen LogP contribution in [0.3, 0.4) is 0 Å². The van der Waals surface area contributed by atoms with E-state index >= 15 is 0 Å². The fraction of sp³-hybridized carbons (Fsp3) is 0.176. The molecule has 126 valence electrons. The van der Waals surface area contributed by atoms with E-state index in [1.807, 2.05) is 0 Å². The molecule has 5 nitrogen and oxygen atoms in total. The second-order valence-corrected chi connectivity index (χ2v) is 5.44. The van der Waals surface area contributed by atoms with Crippen LogP contribution in [0.15, 0.2) is 42.5 Å². The maximum absolute atomic E-state index is 12.8. The van der Waals surface area contributed by atoms with E-state index in [0.717, 1.165) is 5.56 Å². The number of rotatable bonds is 5. The summed E-state index contributed by atoms with van der Waals surface area (Å²) in [6, 6.07) is 10.4. The summed E-state index contributed by atoms with van der Waals surface area (Å²) in [6.07, 6.45) is 0.587. The molecule has 3 amide bonds. The molecule has 2 aromatic carbocycles. The molecule has 0 radical (unpaired) electrons. The van der Waals surface area contributed by atoms with Crippen molar-refractivity contribution in [1.29, 1.82) is 0 Å². The van der Waals surface area contributed by atoms with Gasteiger partial charge in [-0.3, -0.25) is 4.79 Å². The minimum atomic E-state index is -0.388. The van der Waals surface area contributed by atoms with Crippen molar-refractivity contribution in [3.8, 4) is 0 Å². The first kappa shape index (κ1) is 17.7. The molecule has 0 bridgehead atoms. The van der Waals surface area contributed by atoms with E-state index in [-0.39, 0.29) is 22.8 Å². The van der Waals surface area contributed by atoms with Crippen LogP contribution in [-0.2, 0) is 6.42 Å². The van der Waals surface area contributed by atoms with Crippen molar-refractivity contribution in [1.82, 2.24) is 10.6 Å². The minimum Gasteiger partial charge on any atom is -0.355 e. The van der Waals surface area contributed by atoms with Crippen LogP contribution in [0.4, 0.5) is 14.9 Å². The van der Waals surface area contributed by atoms with Gasteiger partial charge >= 0.3 is 6.03 Å². The monoisotopic (exact) mass is 349 g/mol. The lowest BCUT2D eigenvalue weighted by Crippen LogP contribution is -2.30. The van der Waals surface area contributed by atoms with Gasteiger partial charge in [0.2, 0.25) is 0 Å². The van der Waals surface area contributed by atoms with Crippen LogP contribution in [-0.4, -0.2) is 25.5 Å². The molecule has 24 heavy (non-hydrogen) atoms. The fourth-order valence-electron chi connectivity index (χ4n) is 2.06. The van der Waals surface area contributed by atoms with Crippen LogP contribution in [0.25, 0.3) is 0 Å². The molecule has 3 N–H and O–H groups in total. The van der Waals surface area contributed by atoms with Crippen LogP contribution < -0.4 is 16.0 Å². The lowest BCUT2D eigenvalue weighted by molar-refractivity contribution is 0.0963. The van der Waals surface area contributed by atoms with Gasteiger partial charge in [0.25, 0.3) is 5.91 Å². The number of urea groups is 1. The number of benzene rings is 2. The molecule has 0 unspecified atom stereocenters. The average molecular weight is 350 g/mol. The number of carbonyl (C=O) groups excluding carboxylic acids is 2. The van der Waals surface area contributed by atoms with Crippen molar-refractivity contribution >= 4 is 29.2 Å². The zero-order chi connectivity index (χ0) is 17.5. The summed E-state index contributed by atoms with van der Waals surface area (Å²) >= 11 is 6.02. The molecule has 0 fully saturated rings. The van der Waals surface area contributed by atoms with Gasteiger partial charge in [0.15, 0.2) is 0 Å². The Morgan fingerprint density at radius 2 is 1.83 bits per heavy atom. The topological polar surface area (TPSA) is 70.2 Å². The molecule has 2 aromatic rings. The summed E-state index contributed by atoms with van der Waals surface area (Å²) in [5, 5.41) is 8.06. The minimum absolute atomic E-state index is 0.249. The standard InChI is InChI=1S/C17H17ClFN3O2/c1-20-16(23)14-7-6-13(10-15(14)18)22-17(24)21-9-8-11-2-4-12(19)5-3-11/h2-7,10H,8-9H2,1H3,(H,20,23)(H2,21,22,24). The molecular formula is C17H17ClFN3O2. The lowest BCUT2D eigenvalue weighted by Gasteiger charge is -2.09. The maximum Gasteiger partial charge on any atom is 0.319 e. The third-order valence-corrected chi connectivity index (χ3v) is 3.62. The zero-order valence-corrected chi connectivity index (χ0v) is 13.8. The summed E-state index contributed by atoms with van der Waals surface area (Å²) in [6.45, 7) is 0.404.